The lowest BCUT2D eigenvalue weighted by molar-refractivity contribution is 0.0269. The monoisotopic (exact) mass is 438 g/mol. The first kappa shape index (κ1) is 21.9. The smallest absolute Gasteiger partial charge is 0.410 e. The van der Waals surface area contributed by atoms with E-state index in [4.69, 9.17) is 9.72 Å². The Hall–Kier alpha value is -3.36. The molecule has 0 radical (unpaired) electrons. The predicted octanol–water partition coefficient (Wildman–Crippen LogP) is 3.19. The molecule has 3 heterocycles. The van der Waals surface area contributed by atoms with Gasteiger partial charge in [-0.1, -0.05) is 18.2 Å². The van der Waals surface area contributed by atoms with Crippen LogP contribution < -0.4 is 10.5 Å². The molecule has 0 saturated carbocycles. The molecule has 1 atom stereocenters. The molecule has 2 aromatic heterocycles. The van der Waals surface area contributed by atoms with Crippen molar-refractivity contribution in [2.75, 3.05) is 31.6 Å². The van der Waals surface area contributed by atoms with Crippen molar-refractivity contribution in [3.63, 3.8) is 0 Å². The van der Waals surface area contributed by atoms with E-state index in [0.717, 1.165) is 25.1 Å². The number of hydrogen-bond acceptors (Lipinski definition) is 6. The Bertz CT molecular complexity index is 1150. The number of rotatable bonds is 4. The molecule has 3 aromatic rings. The molecule has 1 aliphatic heterocycles. The van der Waals surface area contributed by atoms with Crippen molar-refractivity contribution in [1.29, 1.82) is 0 Å². The molecular weight excluding hydrogens is 408 g/mol. The number of nitrogens with zero attached hydrogens (tertiary/aromatic N) is 5. The molecule has 1 aliphatic rings. The fourth-order valence-corrected chi connectivity index (χ4v) is 4.02. The van der Waals surface area contributed by atoms with E-state index < -0.39 is 5.60 Å². The zero-order valence-corrected chi connectivity index (χ0v) is 19.0. The van der Waals surface area contributed by atoms with Gasteiger partial charge in [0.25, 0.3) is 5.56 Å². The lowest BCUT2D eigenvalue weighted by Gasteiger charge is -2.35. The molecule has 170 valence electrons. The van der Waals surface area contributed by atoms with E-state index in [0.29, 0.717) is 30.1 Å². The maximum absolute atomic E-state index is 12.7. The van der Waals surface area contributed by atoms with E-state index in [1.807, 2.05) is 51.1 Å². The fraction of sp³-hybridized carbons (Fsp3) is 0.478. The molecule has 9 heteroatoms. The topological polar surface area (TPSA) is 96.4 Å². The van der Waals surface area contributed by atoms with Crippen molar-refractivity contribution < 1.29 is 9.53 Å². The zero-order valence-electron chi connectivity index (χ0n) is 19.0. The standard InChI is InChI=1S/C23H30N6O3/c1-23(2,3)32-22(31)27(4)14-16-9-8-12-28(15-16)21-25-19-18(20(30)26-21)13-24-29(19)17-10-6-5-7-11-17/h5-7,10-11,13,16H,8-9,12,14-15H2,1-4H3,(H,25,26,30). The van der Waals surface area contributed by atoms with Crippen LogP contribution >= 0.6 is 0 Å². The summed E-state index contributed by atoms with van der Waals surface area (Å²) in [6, 6.07) is 9.64. The number of fused-ring (bicyclic) bond motifs is 1. The molecule has 9 nitrogen and oxygen atoms in total. The van der Waals surface area contributed by atoms with Gasteiger partial charge in [-0.2, -0.15) is 10.1 Å². The Morgan fingerprint density at radius 1 is 1.28 bits per heavy atom. The third-order valence-electron chi connectivity index (χ3n) is 5.48. The minimum atomic E-state index is -0.523. The van der Waals surface area contributed by atoms with E-state index in [1.165, 1.54) is 0 Å². The molecule has 1 aromatic carbocycles. The van der Waals surface area contributed by atoms with Crippen LogP contribution in [0.5, 0.6) is 0 Å². The van der Waals surface area contributed by atoms with Gasteiger partial charge in [-0.3, -0.25) is 9.78 Å². The van der Waals surface area contributed by atoms with Crippen LogP contribution in [0.2, 0.25) is 0 Å². The van der Waals surface area contributed by atoms with Crippen LogP contribution in [-0.4, -0.2) is 63.0 Å². The van der Waals surface area contributed by atoms with Crippen molar-refractivity contribution in [3.8, 4) is 5.69 Å². The van der Waals surface area contributed by atoms with E-state index in [-0.39, 0.29) is 17.6 Å². The van der Waals surface area contributed by atoms with Gasteiger partial charge in [-0.05, 0) is 51.7 Å². The molecular formula is C23H30N6O3. The molecule has 4 rings (SSSR count). The number of para-hydroxylation sites is 1. The number of piperidine rings is 1. The lowest BCUT2D eigenvalue weighted by Crippen LogP contribution is -2.43. The van der Waals surface area contributed by atoms with Gasteiger partial charge in [0.2, 0.25) is 5.95 Å². The van der Waals surface area contributed by atoms with Crippen molar-refractivity contribution in [3.05, 3.63) is 46.9 Å². The van der Waals surface area contributed by atoms with Gasteiger partial charge < -0.3 is 14.5 Å². The third kappa shape index (κ3) is 4.76. The maximum Gasteiger partial charge on any atom is 0.410 e. The van der Waals surface area contributed by atoms with E-state index in [2.05, 4.69) is 15.0 Å². The van der Waals surface area contributed by atoms with Crippen molar-refractivity contribution in [2.45, 2.75) is 39.2 Å². The summed E-state index contributed by atoms with van der Waals surface area (Å²) in [4.78, 5) is 36.4. The summed E-state index contributed by atoms with van der Waals surface area (Å²) < 4.78 is 7.15. The first-order valence-corrected chi connectivity index (χ1v) is 10.9. The number of nitrogens with one attached hydrogen (secondary N) is 1. The van der Waals surface area contributed by atoms with Gasteiger partial charge >= 0.3 is 6.09 Å². The quantitative estimate of drug-likeness (QED) is 0.672. The Kier molecular flexibility index (Phi) is 5.90. The summed E-state index contributed by atoms with van der Waals surface area (Å²) in [6.45, 7) is 7.65. The van der Waals surface area contributed by atoms with Crippen LogP contribution in [-0.2, 0) is 4.74 Å². The number of benzene rings is 1. The highest BCUT2D eigenvalue weighted by molar-refractivity contribution is 5.76. The highest BCUT2D eigenvalue weighted by atomic mass is 16.6. The average molecular weight is 439 g/mol. The van der Waals surface area contributed by atoms with Crippen molar-refractivity contribution in [2.24, 2.45) is 5.92 Å². The SMILES string of the molecule is CN(CC1CCCN(c2nc3c(cnn3-c3ccccc3)c(=O)[nH]2)C1)C(=O)OC(C)(C)C. The Morgan fingerprint density at radius 2 is 2.03 bits per heavy atom. The average Bonchev–Trinajstić information content (AvgIpc) is 3.18. The molecule has 0 spiro atoms. The van der Waals surface area contributed by atoms with E-state index in [1.54, 1.807) is 22.8 Å². The molecule has 1 saturated heterocycles. The number of carbonyl (C=O) groups is 1. The van der Waals surface area contributed by atoms with Crippen LogP contribution in [0.3, 0.4) is 0 Å². The Morgan fingerprint density at radius 3 is 2.75 bits per heavy atom. The maximum atomic E-state index is 12.7. The summed E-state index contributed by atoms with van der Waals surface area (Å²) in [5.74, 6) is 0.783. The molecule has 1 unspecified atom stereocenters. The molecule has 0 aliphatic carbocycles. The summed E-state index contributed by atoms with van der Waals surface area (Å²) in [7, 11) is 1.76. The molecule has 1 N–H and O–H groups in total. The van der Waals surface area contributed by atoms with Gasteiger partial charge in [-0.15, -0.1) is 0 Å². The number of carbonyl (C=O) groups excluding carboxylic acids is 1. The molecule has 1 fully saturated rings. The third-order valence-corrected chi connectivity index (χ3v) is 5.48. The number of hydrogen-bond donors (Lipinski definition) is 1. The number of aromatic amines is 1. The van der Waals surface area contributed by atoms with Crippen LogP contribution in [0.4, 0.5) is 10.7 Å². The van der Waals surface area contributed by atoms with Gasteiger partial charge in [0.05, 0.1) is 11.9 Å². The lowest BCUT2D eigenvalue weighted by atomic mass is 9.98. The largest absolute Gasteiger partial charge is 0.444 e. The Balaban J connectivity index is 1.54. The second-order valence-electron chi connectivity index (χ2n) is 9.33. The Labute approximate surface area is 187 Å². The summed E-state index contributed by atoms with van der Waals surface area (Å²) in [5.41, 5.74) is 0.648. The predicted molar refractivity (Wildman–Crippen MR) is 123 cm³/mol. The highest BCUT2D eigenvalue weighted by Gasteiger charge is 2.27. The second-order valence-corrected chi connectivity index (χ2v) is 9.33. The number of aromatic nitrogens is 4. The van der Waals surface area contributed by atoms with Gasteiger partial charge in [0, 0.05) is 26.7 Å². The van der Waals surface area contributed by atoms with Gasteiger partial charge in [-0.25, -0.2) is 9.48 Å². The normalized spacial score (nSPS) is 16.9. The molecule has 32 heavy (non-hydrogen) atoms. The van der Waals surface area contributed by atoms with E-state index >= 15 is 0 Å². The van der Waals surface area contributed by atoms with Gasteiger partial charge in [0.15, 0.2) is 5.65 Å². The second kappa shape index (κ2) is 8.64. The van der Waals surface area contributed by atoms with Crippen LogP contribution in [0.1, 0.15) is 33.6 Å². The number of ether oxygens (including phenoxy) is 1. The summed E-state index contributed by atoms with van der Waals surface area (Å²) in [5, 5.41) is 4.83. The number of H-pyrrole nitrogens is 1. The van der Waals surface area contributed by atoms with Crippen LogP contribution in [0, 0.1) is 5.92 Å². The number of anilines is 1. The molecule has 1 amide bonds. The van der Waals surface area contributed by atoms with Crippen LogP contribution in [0.25, 0.3) is 16.7 Å². The summed E-state index contributed by atoms with van der Waals surface area (Å²) >= 11 is 0. The minimum absolute atomic E-state index is 0.208. The van der Waals surface area contributed by atoms with E-state index in [9.17, 15) is 9.59 Å². The first-order chi connectivity index (χ1) is 15.2. The summed E-state index contributed by atoms with van der Waals surface area (Å²) in [6.07, 6.45) is 3.17. The zero-order chi connectivity index (χ0) is 22.9. The van der Waals surface area contributed by atoms with Gasteiger partial charge in [0.1, 0.15) is 11.0 Å². The fourth-order valence-electron chi connectivity index (χ4n) is 4.02. The van der Waals surface area contributed by atoms with Crippen LogP contribution in [0.15, 0.2) is 41.3 Å². The molecule has 0 bridgehead atoms. The van der Waals surface area contributed by atoms with Crippen molar-refractivity contribution >= 4 is 23.1 Å². The van der Waals surface area contributed by atoms with Crippen molar-refractivity contribution in [1.82, 2.24) is 24.6 Å². The minimum Gasteiger partial charge on any atom is -0.444 e. The highest BCUT2D eigenvalue weighted by Crippen LogP contribution is 2.23. The first-order valence-electron chi connectivity index (χ1n) is 10.9. The number of amides is 1.